The standard InChI is InChI=1S/C17H24N2O3S2/c20-23(19-10-4-1-5-11-19)15-7-6-14-13-17(8-2-3-9-17)18-24(21,22)16(14)12-15/h6-7,12,18H,1-5,8-11,13H2. The van der Waals surface area contributed by atoms with Gasteiger partial charge in [0.25, 0.3) is 0 Å². The van der Waals surface area contributed by atoms with Crippen LogP contribution in [-0.4, -0.2) is 35.6 Å². The number of sulfonamides is 1. The van der Waals surface area contributed by atoms with Crippen molar-refractivity contribution >= 4 is 21.0 Å². The first kappa shape index (κ1) is 16.7. The van der Waals surface area contributed by atoms with Crippen molar-refractivity contribution in [3.05, 3.63) is 23.8 Å². The maximum Gasteiger partial charge on any atom is 0.241 e. The molecule has 1 saturated carbocycles. The second-order valence-electron chi connectivity index (χ2n) is 7.28. The Morgan fingerprint density at radius 3 is 2.46 bits per heavy atom. The second kappa shape index (κ2) is 6.20. The van der Waals surface area contributed by atoms with Gasteiger partial charge in [-0.05, 0) is 49.8 Å². The molecule has 0 amide bonds. The van der Waals surface area contributed by atoms with Crippen molar-refractivity contribution in [2.75, 3.05) is 13.1 Å². The quantitative estimate of drug-likeness (QED) is 0.871. The van der Waals surface area contributed by atoms with Gasteiger partial charge in [0.05, 0.1) is 9.79 Å². The van der Waals surface area contributed by atoms with Gasteiger partial charge in [0.2, 0.25) is 10.0 Å². The highest BCUT2D eigenvalue weighted by Crippen LogP contribution is 2.39. The van der Waals surface area contributed by atoms with Crippen LogP contribution in [0.25, 0.3) is 0 Å². The minimum atomic E-state index is -3.52. The summed E-state index contributed by atoms with van der Waals surface area (Å²) in [6.07, 6.45) is 8.01. The molecule has 1 atom stereocenters. The molecule has 7 heteroatoms. The highest BCUT2D eigenvalue weighted by molar-refractivity contribution is 7.89. The lowest BCUT2D eigenvalue weighted by Gasteiger charge is -2.35. The third-order valence-electron chi connectivity index (χ3n) is 5.52. The van der Waals surface area contributed by atoms with E-state index in [-0.39, 0.29) is 5.54 Å². The monoisotopic (exact) mass is 368 g/mol. The van der Waals surface area contributed by atoms with Crippen LogP contribution < -0.4 is 4.72 Å². The summed E-state index contributed by atoms with van der Waals surface area (Å²) in [5, 5.41) is 0. The van der Waals surface area contributed by atoms with Crippen molar-refractivity contribution in [2.24, 2.45) is 0 Å². The Hall–Kier alpha value is -0.760. The summed E-state index contributed by atoms with van der Waals surface area (Å²) in [5.74, 6) is 0. The number of rotatable bonds is 2. The molecule has 1 unspecified atom stereocenters. The van der Waals surface area contributed by atoms with Gasteiger partial charge in [-0.3, -0.25) is 0 Å². The fourth-order valence-corrected chi connectivity index (χ4v) is 7.38. The van der Waals surface area contributed by atoms with Crippen LogP contribution in [0.3, 0.4) is 0 Å². The van der Waals surface area contributed by atoms with Crippen LogP contribution in [0.2, 0.25) is 0 Å². The van der Waals surface area contributed by atoms with Gasteiger partial charge >= 0.3 is 0 Å². The molecule has 1 aromatic carbocycles. The van der Waals surface area contributed by atoms with Crippen molar-refractivity contribution in [1.29, 1.82) is 0 Å². The molecule has 2 heterocycles. The Bertz CT molecular complexity index is 764. The molecule has 0 aromatic heterocycles. The van der Waals surface area contributed by atoms with E-state index in [2.05, 4.69) is 4.72 Å². The minimum Gasteiger partial charge on any atom is -0.237 e. The van der Waals surface area contributed by atoms with Gasteiger partial charge < -0.3 is 0 Å². The van der Waals surface area contributed by atoms with Gasteiger partial charge in [-0.1, -0.05) is 25.3 Å². The number of piperidine rings is 1. The van der Waals surface area contributed by atoms with Gasteiger partial charge in [0, 0.05) is 18.6 Å². The zero-order chi connectivity index (χ0) is 16.8. The summed E-state index contributed by atoms with van der Waals surface area (Å²) in [6, 6.07) is 5.36. The van der Waals surface area contributed by atoms with E-state index < -0.39 is 21.0 Å². The van der Waals surface area contributed by atoms with Crippen LogP contribution in [-0.2, 0) is 27.4 Å². The molecule has 4 rings (SSSR count). The van der Waals surface area contributed by atoms with E-state index >= 15 is 0 Å². The van der Waals surface area contributed by atoms with Crippen molar-refractivity contribution in [2.45, 2.75) is 66.7 Å². The summed E-state index contributed by atoms with van der Waals surface area (Å²) in [4.78, 5) is 0.922. The zero-order valence-electron chi connectivity index (χ0n) is 13.8. The summed E-state index contributed by atoms with van der Waals surface area (Å²) in [7, 11) is -4.79. The summed E-state index contributed by atoms with van der Waals surface area (Å²) < 4.78 is 43.2. The third kappa shape index (κ3) is 2.96. The van der Waals surface area contributed by atoms with Crippen LogP contribution >= 0.6 is 0 Å². The smallest absolute Gasteiger partial charge is 0.237 e. The van der Waals surface area contributed by atoms with Gasteiger partial charge in [0.1, 0.15) is 11.0 Å². The first-order chi connectivity index (χ1) is 11.5. The van der Waals surface area contributed by atoms with E-state index in [1.54, 1.807) is 6.07 Å². The Morgan fingerprint density at radius 1 is 1.04 bits per heavy atom. The molecule has 2 aliphatic heterocycles. The lowest BCUT2D eigenvalue weighted by molar-refractivity contribution is 0.365. The molecule has 24 heavy (non-hydrogen) atoms. The molecule has 1 aliphatic carbocycles. The lowest BCUT2D eigenvalue weighted by atomic mass is 9.90. The fourth-order valence-electron chi connectivity index (χ4n) is 4.29. The van der Waals surface area contributed by atoms with Crippen LogP contribution in [0.1, 0.15) is 50.5 Å². The Kier molecular flexibility index (Phi) is 4.31. The molecule has 132 valence electrons. The molecule has 0 radical (unpaired) electrons. The Morgan fingerprint density at radius 2 is 1.75 bits per heavy atom. The van der Waals surface area contributed by atoms with Crippen molar-refractivity contribution < 1.29 is 12.6 Å². The van der Waals surface area contributed by atoms with E-state index in [0.717, 1.165) is 63.6 Å². The van der Waals surface area contributed by atoms with Crippen LogP contribution in [0.4, 0.5) is 0 Å². The number of nitrogens with zero attached hydrogens (tertiary/aromatic N) is 1. The number of nitrogens with one attached hydrogen (secondary N) is 1. The normalized spacial score (nSPS) is 27.0. The molecule has 1 saturated heterocycles. The highest BCUT2D eigenvalue weighted by Gasteiger charge is 2.43. The topological polar surface area (TPSA) is 66.5 Å². The van der Waals surface area contributed by atoms with E-state index in [1.165, 1.54) is 6.42 Å². The third-order valence-corrected chi connectivity index (χ3v) is 8.67. The van der Waals surface area contributed by atoms with Crippen molar-refractivity contribution in [3.8, 4) is 0 Å². The van der Waals surface area contributed by atoms with Gasteiger partial charge in [-0.15, -0.1) is 0 Å². The second-order valence-corrected chi connectivity index (χ2v) is 10.4. The number of fused-ring (bicyclic) bond motifs is 1. The first-order valence-electron chi connectivity index (χ1n) is 8.83. The Balaban J connectivity index is 1.67. The fraction of sp³-hybridized carbons (Fsp3) is 0.647. The predicted octanol–water partition coefficient (Wildman–Crippen LogP) is 2.34. The SMILES string of the molecule is O=S(c1ccc2c(c1)S(=O)(=O)NC1(CCCC1)C2)N1CCCCC1. The molecular weight excluding hydrogens is 344 g/mol. The molecule has 1 N–H and O–H groups in total. The highest BCUT2D eigenvalue weighted by atomic mass is 32.2. The van der Waals surface area contributed by atoms with E-state index in [9.17, 15) is 12.6 Å². The first-order valence-corrected chi connectivity index (χ1v) is 11.4. The van der Waals surface area contributed by atoms with Crippen LogP contribution in [0.15, 0.2) is 28.0 Å². The maximum atomic E-state index is 12.8. The average Bonchev–Trinajstić information content (AvgIpc) is 3.01. The average molecular weight is 369 g/mol. The summed E-state index contributed by atoms with van der Waals surface area (Å²) >= 11 is 0. The molecule has 2 fully saturated rings. The van der Waals surface area contributed by atoms with Crippen molar-refractivity contribution in [1.82, 2.24) is 9.03 Å². The zero-order valence-corrected chi connectivity index (χ0v) is 15.4. The maximum absolute atomic E-state index is 12.8. The molecule has 3 aliphatic rings. The minimum absolute atomic E-state index is 0.292. The summed E-state index contributed by atoms with van der Waals surface area (Å²) in [6.45, 7) is 1.63. The molecular formula is C17H24N2O3S2. The predicted molar refractivity (Wildman–Crippen MR) is 93.5 cm³/mol. The summed E-state index contributed by atoms with van der Waals surface area (Å²) in [5.41, 5.74) is 0.578. The van der Waals surface area contributed by atoms with E-state index in [0.29, 0.717) is 9.79 Å². The van der Waals surface area contributed by atoms with Gasteiger partial charge in [-0.2, -0.15) is 0 Å². The number of hydrogen-bond acceptors (Lipinski definition) is 3. The molecule has 1 aromatic rings. The van der Waals surface area contributed by atoms with E-state index in [1.807, 2.05) is 16.4 Å². The Labute approximate surface area is 146 Å². The van der Waals surface area contributed by atoms with E-state index in [4.69, 9.17) is 0 Å². The van der Waals surface area contributed by atoms with Crippen molar-refractivity contribution in [3.63, 3.8) is 0 Å². The lowest BCUT2D eigenvalue weighted by Crippen LogP contribution is -2.51. The van der Waals surface area contributed by atoms with Crippen LogP contribution in [0, 0.1) is 0 Å². The van der Waals surface area contributed by atoms with Gasteiger partial charge in [-0.25, -0.2) is 21.7 Å². The molecule has 5 nitrogen and oxygen atoms in total. The largest absolute Gasteiger partial charge is 0.241 e. The van der Waals surface area contributed by atoms with Gasteiger partial charge in [0.15, 0.2) is 0 Å². The number of hydrogen-bond donors (Lipinski definition) is 1. The molecule has 0 bridgehead atoms. The van der Waals surface area contributed by atoms with Crippen LogP contribution in [0.5, 0.6) is 0 Å². The molecule has 1 spiro atoms. The number of benzene rings is 1.